The molecular weight excluding hydrogens is 180 g/mol. The van der Waals surface area contributed by atoms with Crippen molar-refractivity contribution in [2.24, 2.45) is 0 Å². The quantitative estimate of drug-likeness (QED) is 0.772. The van der Waals surface area contributed by atoms with Crippen LogP contribution in [0.5, 0.6) is 0 Å². The molecule has 0 aliphatic heterocycles. The van der Waals surface area contributed by atoms with Gasteiger partial charge in [-0.05, 0) is 12.1 Å². The number of aromatic nitrogens is 1. The highest BCUT2D eigenvalue weighted by molar-refractivity contribution is 5.39. The molecule has 0 fully saturated rings. The van der Waals surface area contributed by atoms with Gasteiger partial charge in [0.15, 0.2) is 0 Å². The third kappa shape index (κ3) is 1.85. The summed E-state index contributed by atoms with van der Waals surface area (Å²) in [5, 5.41) is 2.98. The van der Waals surface area contributed by atoms with Gasteiger partial charge in [0.25, 0.3) is 0 Å². The Bertz CT molecular complexity index is 445. The van der Waals surface area contributed by atoms with E-state index in [1.807, 2.05) is 12.1 Å². The van der Waals surface area contributed by atoms with Crippen molar-refractivity contribution in [2.75, 3.05) is 5.32 Å². The van der Waals surface area contributed by atoms with Crippen molar-refractivity contribution in [3.63, 3.8) is 0 Å². The Morgan fingerprint density at radius 2 is 2.36 bits per heavy atom. The van der Waals surface area contributed by atoms with E-state index in [0.717, 1.165) is 5.76 Å². The summed E-state index contributed by atoms with van der Waals surface area (Å²) < 4.78 is 5.12. The number of pyridine rings is 1. The fourth-order valence-electron chi connectivity index (χ4n) is 1.15. The van der Waals surface area contributed by atoms with E-state index in [4.69, 9.17) is 4.42 Å². The van der Waals surface area contributed by atoms with Crippen molar-refractivity contribution >= 4 is 5.69 Å². The lowest BCUT2D eigenvalue weighted by Gasteiger charge is -2.01. The molecule has 0 amide bonds. The van der Waals surface area contributed by atoms with Gasteiger partial charge in [0, 0.05) is 18.5 Å². The van der Waals surface area contributed by atoms with Gasteiger partial charge in [-0.2, -0.15) is 0 Å². The number of furan rings is 1. The molecule has 0 saturated heterocycles. The molecule has 0 aliphatic rings. The highest BCUT2D eigenvalue weighted by atomic mass is 16.3. The van der Waals surface area contributed by atoms with Crippen LogP contribution in [0, 0.1) is 0 Å². The van der Waals surface area contributed by atoms with Crippen LogP contribution in [0.1, 0.15) is 5.76 Å². The number of H-pyrrole nitrogens is 1. The lowest BCUT2D eigenvalue weighted by atomic mass is 10.4. The summed E-state index contributed by atoms with van der Waals surface area (Å²) in [6, 6.07) is 5.14. The van der Waals surface area contributed by atoms with Crippen molar-refractivity contribution in [3.8, 4) is 0 Å². The smallest absolute Gasteiger partial charge is 0.204 e. The fraction of sp³-hybridized carbons (Fsp3) is 0.100. The zero-order valence-corrected chi connectivity index (χ0v) is 7.49. The monoisotopic (exact) mass is 190 g/mol. The van der Waals surface area contributed by atoms with Gasteiger partial charge in [-0.15, -0.1) is 0 Å². The van der Waals surface area contributed by atoms with E-state index in [1.54, 1.807) is 18.7 Å². The Hall–Kier alpha value is -1.97. The molecule has 0 radical (unpaired) electrons. The van der Waals surface area contributed by atoms with Crippen molar-refractivity contribution < 1.29 is 4.42 Å². The number of hydrogen-bond acceptors (Lipinski definition) is 3. The second-order valence-corrected chi connectivity index (χ2v) is 2.86. The average Bonchev–Trinajstić information content (AvgIpc) is 2.69. The number of hydrogen-bond donors (Lipinski definition) is 2. The second kappa shape index (κ2) is 3.83. The van der Waals surface area contributed by atoms with Crippen LogP contribution in [-0.4, -0.2) is 4.98 Å². The lowest BCUT2D eigenvalue weighted by Crippen LogP contribution is -2.09. The Morgan fingerprint density at radius 3 is 3.07 bits per heavy atom. The van der Waals surface area contributed by atoms with Crippen LogP contribution in [0.15, 0.2) is 46.1 Å². The normalized spacial score (nSPS) is 10.0. The topological polar surface area (TPSA) is 58.0 Å². The van der Waals surface area contributed by atoms with Gasteiger partial charge >= 0.3 is 0 Å². The molecule has 4 nitrogen and oxygen atoms in total. The average molecular weight is 190 g/mol. The molecule has 0 unspecified atom stereocenters. The Labute approximate surface area is 80.6 Å². The lowest BCUT2D eigenvalue weighted by molar-refractivity contribution is 0.518. The van der Waals surface area contributed by atoms with Gasteiger partial charge in [-0.3, -0.25) is 4.79 Å². The van der Waals surface area contributed by atoms with Gasteiger partial charge in [-0.1, -0.05) is 0 Å². The molecule has 0 bridgehead atoms. The minimum Gasteiger partial charge on any atom is -0.467 e. The summed E-state index contributed by atoms with van der Waals surface area (Å²) in [5.74, 6) is 0.799. The molecule has 2 rings (SSSR count). The number of rotatable bonds is 3. The van der Waals surface area contributed by atoms with E-state index in [-0.39, 0.29) is 5.43 Å². The summed E-state index contributed by atoms with van der Waals surface area (Å²) in [7, 11) is 0. The molecule has 0 saturated carbocycles. The molecule has 0 aromatic carbocycles. The van der Waals surface area contributed by atoms with Crippen LogP contribution in [0.25, 0.3) is 0 Å². The van der Waals surface area contributed by atoms with Crippen LogP contribution >= 0.6 is 0 Å². The number of aromatic amines is 1. The largest absolute Gasteiger partial charge is 0.467 e. The Kier molecular flexibility index (Phi) is 2.36. The third-order valence-corrected chi connectivity index (χ3v) is 1.86. The Balaban J connectivity index is 2.06. The fourth-order valence-corrected chi connectivity index (χ4v) is 1.15. The van der Waals surface area contributed by atoms with Crippen molar-refractivity contribution in [1.82, 2.24) is 4.98 Å². The van der Waals surface area contributed by atoms with Crippen molar-refractivity contribution in [2.45, 2.75) is 6.54 Å². The predicted octanol–water partition coefficient (Wildman–Crippen LogP) is 1.58. The first-order valence-corrected chi connectivity index (χ1v) is 4.29. The van der Waals surface area contributed by atoms with Crippen molar-refractivity contribution in [1.29, 1.82) is 0 Å². The van der Waals surface area contributed by atoms with E-state index < -0.39 is 0 Å². The maximum Gasteiger partial charge on any atom is 0.204 e. The highest BCUT2D eigenvalue weighted by Crippen LogP contribution is 2.03. The first-order valence-electron chi connectivity index (χ1n) is 4.29. The van der Waals surface area contributed by atoms with E-state index in [2.05, 4.69) is 10.3 Å². The summed E-state index contributed by atoms with van der Waals surface area (Å²) in [5.41, 5.74) is 0.513. The minimum absolute atomic E-state index is 0.0321. The molecule has 0 aliphatic carbocycles. The van der Waals surface area contributed by atoms with E-state index >= 15 is 0 Å². The summed E-state index contributed by atoms with van der Waals surface area (Å²) >= 11 is 0. The van der Waals surface area contributed by atoms with Gasteiger partial charge in [0.05, 0.1) is 18.5 Å². The molecule has 2 N–H and O–H groups in total. The van der Waals surface area contributed by atoms with Crippen LogP contribution in [-0.2, 0) is 6.54 Å². The molecule has 0 spiro atoms. The highest BCUT2D eigenvalue weighted by Gasteiger charge is 1.98. The van der Waals surface area contributed by atoms with Crippen LogP contribution < -0.4 is 10.7 Å². The van der Waals surface area contributed by atoms with Crippen molar-refractivity contribution in [3.05, 3.63) is 52.8 Å². The predicted molar refractivity (Wildman–Crippen MR) is 53.1 cm³/mol. The first kappa shape index (κ1) is 8.62. The molecule has 2 heterocycles. The molecule has 2 aromatic rings. The first-order chi connectivity index (χ1) is 6.86. The second-order valence-electron chi connectivity index (χ2n) is 2.86. The molecule has 2 aromatic heterocycles. The van der Waals surface area contributed by atoms with Gasteiger partial charge in [0.2, 0.25) is 5.43 Å². The summed E-state index contributed by atoms with van der Waals surface area (Å²) in [6.07, 6.45) is 4.83. The van der Waals surface area contributed by atoms with Crippen LogP contribution in [0.4, 0.5) is 5.69 Å². The van der Waals surface area contributed by atoms with Gasteiger partial charge < -0.3 is 14.7 Å². The molecule has 14 heavy (non-hydrogen) atoms. The summed E-state index contributed by atoms with van der Waals surface area (Å²) in [4.78, 5) is 14.1. The zero-order valence-electron chi connectivity index (χ0n) is 7.49. The minimum atomic E-state index is -0.0321. The van der Waals surface area contributed by atoms with Gasteiger partial charge in [-0.25, -0.2) is 0 Å². The molecule has 0 atom stereocenters. The molecular formula is C10H10N2O2. The zero-order chi connectivity index (χ0) is 9.80. The standard InChI is InChI=1S/C10H10N2O2/c13-10-3-4-11-7-9(10)12-6-8-2-1-5-14-8/h1-5,7,12H,6H2,(H,11,13). The third-order valence-electron chi connectivity index (χ3n) is 1.86. The summed E-state index contributed by atoms with van der Waals surface area (Å²) in [6.45, 7) is 0.514. The molecule has 72 valence electrons. The van der Waals surface area contributed by atoms with Crippen LogP contribution in [0.2, 0.25) is 0 Å². The SMILES string of the molecule is O=c1cc[nH]cc1NCc1ccco1. The Morgan fingerprint density at radius 1 is 1.43 bits per heavy atom. The number of nitrogens with one attached hydrogen (secondary N) is 2. The van der Waals surface area contributed by atoms with Crippen LogP contribution in [0.3, 0.4) is 0 Å². The maximum absolute atomic E-state index is 11.3. The maximum atomic E-state index is 11.3. The van der Waals surface area contributed by atoms with Gasteiger partial charge in [0.1, 0.15) is 5.76 Å². The molecule has 4 heteroatoms. The number of anilines is 1. The van der Waals surface area contributed by atoms with E-state index in [0.29, 0.717) is 12.2 Å². The van der Waals surface area contributed by atoms with E-state index in [1.165, 1.54) is 6.07 Å². The van der Waals surface area contributed by atoms with E-state index in [9.17, 15) is 4.79 Å².